The first-order chi connectivity index (χ1) is 9.22. The molecule has 1 N–H and O–H groups in total. The van der Waals surface area contributed by atoms with Crippen LogP contribution in [0.2, 0.25) is 0 Å². The Morgan fingerprint density at radius 3 is 2.47 bits per heavy atom. The molecule has 1 nitrogen and oxygen atoms in total. The minimum Gasteiger partial charge on any atom is -0.313 e. The minimum absolute atomic E-state index is 0.0557. The van der Waals surface area contributed by atoms with Crippen LogP contribution in [0.3, 0.4) is 0 Å². The number of hydrogen-bond acceptors (Lipinski definition) is 1. The van der Waals surface area contributed by atoms with E-state index in [1.165, 1.54) is 5.56 Å². The fraction of sp³-hybridized carbons (Fsp3) is 0.294. The van der Waals surface area contributed by atoms with Crippen molar-refractivity contribution in [3.8, 4) is 0 Å². The van der Waals surface area contributed by atoms with Gasteiger partial charge in [-0.1, -0.05) is 48.5 Å². The number of benzene rings is 2. The summed E-state index contributed by atoms with van der Waals surface area (Å²) in [7, 11) is 1.89. The Morgan fingerprint density at radius 2 is 1.79 bits per heavy atom. The molecule has 0 heterocycles. The molecule has 0 aliphatic rings. The average Bonchev–Trinajstić information content (AvgIpc) is 2.45. The van der Waals surface area contributed by atoms with E-state index in [2.05, 4.69) is 17.4 Å². The molecule has 0 aromatic heterocycles. The highest BCUT2D eigenvalue weighted by molar-refractivity contribution is 5.28. The van der Waals surface area contributed by atoms with Crippen molar-refractivity contribution in [1.82, 2.24) is 5.32 Å². The van der Waals surface area contributed by atoms with Gasteiger partial charge in [-0.25, -0.2) is 4.39 Å². The van der Waals surface area contributed by atoms with Gasteiger partial charge in [-0.2, -0.15) is 0 Å². The lowest BCUT2D eigenvalue weighted by molar-refractivity contribution is 0.506. The molecule has 0 saturated carbocycles. The normalized spacial score (nSPS) is 12.4. The molecule has 1 unspecified atom stereocenters. The summed E-state index contributed by atoms with van der Waals surface area (Å²) in [5.74, 6) is -0.0880. The van der Waals surface area contributed by atoms with E-state index in [4.69, 9.17) is 0 Å². The molecule has 0 spiro atoms. The summed E-state index contributed by atoms with van der Waals surface area (Å²) in [6.45, 7) is 1.81. The van der Waals surface area contributed by atoms with Gasteiger partial charge in [0.15, 0.2) is 0 Å². The summed E-state index contributed by atoms with van der Waals surface area (Å²) in [6, 6.07) is 16.0. The maximum Gasteiger partial charge on any atom is 0.130 e. The average molecular weight is 257 g/mol. The standard InChI is InChI=1S/C17H20FN/c1-13-7-6-10-15(17(13)18)16(19-2)12-11-14-8-4-3-5-9-14/h3-10,16,19H,11-12H2,1-2H3. The quantitative estimate of drug-likeness (QED) is 0.852. The maximum atomic E-state index is 14.1. The summed E-state index contributed by atoms with van der Waals surface area (Å²) in [5, 5.41) is 3.22. The van der Waals surface area contributed by atoms with Gasteiger partial charge in [0.1, 0.15) is 5.82 Å². The summed E-state index contributed by atoms with van der Waals surface area (Å²) in [4.78, 5) is 0. The first kappa shape index (κ1) is 13.8. The third kappa shape index (κ3) is 3.42. The summed E-state index contributed by atoms with van der Waals surface area (Å²) in [6.07, 6.45) is 1.83. The monoisotopic (exact) mass is 257 g/mol. The molecule has 0 aliphatic carbocycles. The second-order valence-electron chi connectivity index (χ2n) is 4.84. The molecule has 19 heavy (non-hydrogen) atoms. The number of halogens is 1. The van der Waals surface area contributed by atoms with Crippen LogP contribution >= 0.6 is 0 Å². The highest BCUT2D eigenvalue weighted by Gasteiger charge is 2.14. The van der Waals surface area contributed by atoms with Gasteiger partial charge in [0.2, 0.25) is 0 Å². The second-order valence-corrected chi connectivity index (χ2v) is 4.84. The van der Waals surface area contributed by atoms with Gasteiger partial charge in [0, 0.05) is 11.6 Å². The number of nitrogens with one attached hydrogen (secondary N) is 1. The van der Waals surface area contributed by atoms with Crippen molar-refractivity contribution in [2.75, 3.05) is 7.05 Å². The highest BCUT2D eigenvalue weighted by atomic mass is 19.1. The predicted octanol–water partition coefficient (Wildman–Crippen LogP) is 4.03. The Hall–Kier alpha value is -1.67. The molecular formula is C17H20FN. The lowest BCUT2D eigenvalue weighted by atomic mass is 9.97. The molecule has 2 heteroatoms. The van der Waals surface area contributed by atoms with E-state index in [9.17, 15) is 4.39 Å². The van der Waals surface area contributed by atoms with Crippen molar-refractivity contribution in [2.24, 2.45) is 0 Å². The Bertz CT molecular complexity index is 522. The van der Waals surface area contributed by atoms with Crippen LogP contribution in [-0.2, 0) is 6.42 Å². The number of hydrogen-bond donors (Lipinski definition) is 1. The Labute approximate surface area is 114 Å². The Kier molecular flexibility index (Phi) is 4.69. The van der Waals surface area contributed by atoms with Gasteiger partial charge in [-0.3, -0.25) is 0 Å². The molecule has 2 aromatic carbocycles. The van der Waals surface area contributed by atoms with Gasteiger partial charge >= 0.3 is 0 Å². The third-order valence-electron chi connectivity index (χ3n) is 3.51. The molecule has 0 aliphatic heterocycles. The van der Waals surface area contributed by atoms with Crippen LogP contribution in [0.4, 0.5) is 4.39 Å². The number of rotatable bonds is 5. The zero-order valence-corrected chi connectivity index (χ0v) is 11.5. The molecule has 0 fully saturated rings. The van der Waals surface area contributed by atoms with Crippen molar-refractivity contribution in [3.05, 3.63) is 71.0 Å². The highest BCUT2D eigenvalue weighted by Crippen LogP contribution is 2.23. The summed E-state index contributed by atoms with van der Waals surface area (Å²) < 4.78 is 14.1. The van der Waals surface area contributed by atoms with Crippen molar-refractivity contribution in [1.29, 1.82) is 0 Å². The molecule has 0 amide bonds. The van der Waals surface area contributed by atoms with E-state index < -0.39 is 0 Å². The van der Waals surface area contributed by atoms with Crippen molar-refractivity contribution >= 4 is 0 Å². The lowest BCUT2D eigenvalue weighted by Gasteiger charge is -2.18. The first-order valence-corrected chi connectivity index (χ1v) is 6.68. The van der Waals surface area contributed by atoms with Crippen LogP contribution in [0, 0.1) is 12.7 Å². The molecular weight excluding hydrogens is 237 g/mol. The molecule has 0 saturated heterocycles. The first-order valence-electron chi connectivity index (χ1n) is 6.68. The predicted molar refractivity (Wildman–Crippen MR) is 77.7 cm³/mol. The molecule has 0 bridgehead atoms. The van der Waals surface area contributed by atoms with E-state index in [1.807, 2.05) is 50.4 Å². The van der Waals surface area contributed by atoms with Gasteiger partial charge in [0.05, 0.1) is 0 Å². The Morgan fingerprint density at radius 1 is 1.05 bits per heavy atom. The van der Waals surface area contributed by atoms with E-state index in [-0.39, 0.29) is 11.9 Å². The van der Waals surface area contributed by atoms with Crippen LogP contribution in [0.25, 0.3) is 0 Å². The summed E-state index contributed by atoms with van der Waals surface area (Å²) >= 11 is 0. The van der Waals surface area contributed by atoms with Crippen molar-refractivity contribution in [3.63, 3.8) is 0 Å². The minimum atomic E-state index is -0.0880. The van der Waals surface area contributed by atoms with E-state index >= 15 is 0 Å². The lowest BCUT2D eigenvalue weighted by Crippen LogP contribution is -2.18. The zero-order chi connectivity index (χ0) is 13.7. The van der Waals surface area contributed by atoms with Crippen LogP contribution in [0.1, 0.15) is 29.2 Å². The third-order valence-corrected chi connectivity index (χ3v) is 3.51. The van der Waals surface area contributed by atoms with Gasteiger partial charge < -0.3 is 5.32 Å². The zero-order valence-electron chi connectivity index (χ0n) is 11.5. The molecule has 100 valence electrons. The van der Waals surface area contributed by atoms with Gasteiger partial charge in [-0.15, -0.1) is 0 Å². The van der Waals surface area contributed by atoms with E-state index in [1.54, 1.807) is 0 Å². The van der Waals surface area contributed by atoms with E-state index in [0.717, 1.165) is 18.4 Å². The molecule has 2 aromatic rings. The summed E-state index contributed by atoms with van der Waals surface area (Å²) in [5.41, 5.74) is 2.76. The topological polar surface area (TPSA) is 12.0 Å². The largest absolute Gasteiger partial charge is 0.313 e. The number of aryl methyl sites for hydroxylation is 2. The fourth-order valence-electron chi connectivity index (χ4n) is 2.35. The smallest absolute Gasteiger partial charge is 0.130 e. The molecule has 2 rings (SSSR count). The van der Waals surface area contributed by atoms with Crippen LogP contribution < -0.4 is 5.32 Å². The fourth-order valence-corrected chi connectivity index (χ4v) is 2.35. The van der Waals surface area contributed by atoms with Crippen molar-refractivity contribution in [2.45, 2.75) is 25.8 Å². The van der Waals surface area contributed by atoms with Crippen LogP contribution in [0.15, 0.2) is 48.5 Å². The van der Waals surface area contributed by atoms with Gasteiger partial charge in [0.25, 0.3) is 0 Å². The van der Waals surface area contributed by atoms with Gasteiger partial charge in [-0.05, 0) is 37.9 Å². The maximum absolute atomic E-state index is 14.1. The second kappa shape index (κ2) is 6.48. The van der Waals surface area contributed by atoms with Crippen molar-refractivity contribution < 1.29 is 4.39 Å². The Balaban J connectivity index is 2.10. The van der Waals surface area contributed by atoms with E-state index in [0.29, 0.717) is 5.56 Å². The SMILES string of the molecule is CNC(CCc1ccccc1)c1cccc(C)c1F. The van der Waals surface area contributed by atoms with Crippen LogP contribution in [-0.4, -0.2) is 7.05 Å². The molecule has 1 atom stereocenters. The van der Waals surface area contributed by atoms with Crippen LogP contribution in [0.5, 0.6) is 0 Å². The molecule has 0 radical (unpaired) electrons.